The van der Waals surface area contributed by atoms with Crippen molar-refractivity contribution in [3.63, 3.8) is 0 Å². The first-order chi connectivity index (χ1) is 12.9. The average Bonchev–Trinajstić information content (AvgIpc) is 2.64. The van der Waals surface area contributed by atoms with Crippen LogP contribution in [0.1, 0.15) is 12.8 Å². The van der Waals surface area contributed by atoms with Crippen molar-refractivity contribution in [3.8, 4) is 0 Å². The fraction of sp³-hybridized carbons (Fsp3) is 0.611. The smallest absolute Gasteiger partial charge is 0.367 e. The van der Waals surface area contributed by atoms with Crippen LogP contribution in [0.5, 0.6) is 0 Å². The molecule has 28 heavy (non-hydrogen) atoms. The number of anilines is 1. The van der Waals surface area contributed by atoms with Crippen LogP contribution in [0, 0.1) is 5.82 Å². The predicted molar refractivity (Wildman–Crippen MR) is 115 cm³/mol. The van der Waals surface area contributed by atoms with Crippen LogP contribution in [0.4, 0.5) is 23.2 Å². The van der Waals surface area contributed by atoms with E-state index in [1.807, 2.05) is 6.07 Å². The predicted octanol–water partition coefficient (Wildman–Crippen LogP) is 3.07. The number of benzene rings is 1. The number of nitrogens with one attached hydrogen (secondary N) is 2. The summed E-state index contributed by atoms with van der Waals surface area (Å²) in [4.78, 5) is 8.27. The van der Waals surface area contributed by atoms with Crippen molar-refractivity contribution in [2.45, 2.75) is 19.0 Å². The summed E-state index contributed by atoms with van der Waals surface area (Å²) < 4.78 is 50.3. The number of guanidine groups is 1. The summed E-state index contributed by atoms with van der Waals surface area (Å²) in [5.41, 5.74) is 0.646. The molecule has 160 valence electrons. The van der Waals surface area contributed by atoms with Crippen LogP contribution in [-0.2, 0) is 0 Å². The monoisotopic (exact) mass is 517 g/mol. The molecule has 1 saturated heterocycles. The van der Waals surface area contributed by atoms with E-state index < -0.39 is 12.6 Å². The molecular weight excluding hydrogens is 489 g/mol. The Balaban J connectivity index is 0.00000392. The van der Waals surface area contributed by atoms with Crippen molar-refractivity contribution < 1.29 is 17.6 Å². The number of hydrogen-bond donors (Lipinski definition) is 2. The molecule has 1 aromatic carbocycles. The number of rotatable bonds is 7. The molecule has 1 aliphatic heterocycles. The van der Waals surface area contributed by atoms with Gasteiger partial charge in [0.2, 0.25) is 0 Å². The fourth-order valence-electron chi connectivity index (χ4n) is 2.97. The van der Waals surface area contributed by atoms with Crippen LogP contribution in [-0.4, -0.2) is 69.9 Å². The van der Waals surface area contributed by atoms with Crippen LogP contribution in [0.3, 0.4) is 0 Å². The van der Waals surface area contributed by atoms with E-state index in [1.54, 1.807) is 12.1 Å². The minimum atomic E-state index is -4.17. The Bertz CT molecular complexity index is 604. The molecule has 0 aromatic heterocycles. The molecule has 2 N–H and O–H groups in total. The van der Waals surface area contributed by atoms with Crippen LogP contribution in [0.2, 0.25) is 0 Å². The number of nitrogens with zero attached hydrogens (tertiary/aromatic N) is 3. The number of piperazine rings is 1. The summed E-state index contributed by atoms with van der Waals surface area (Å²) in [5.74, 6) is 0.183. The van der Waals surface area contributed by atoms with Gasteiger partial charge in [0.15, 0.2) is 5.96 Å². The van der Waals surface area contributed by atoms with Gasteiger partial charge in [0, 0.05) is 46.3 Å². The van der Waals surface area contributed by atoms with Crippen LogP contribution >= 0.6 is 24.0 Å². The highest BCUT2D eigenvalue weighted by Crippen LogP contribution is 2.20. The van der Waals surface area contributed by atoms with E-state index in [0.717, 1.165) is 39.1 Å². The maximum absolute atomic E-state index is 13.8. The Morgan fingerprint density at radius 1 is 1.07 bits per heavy atom. The largest absolute Gasteiger partial charge is 0.390 e. The quantitative estimate of drug-likeness (QED) is 0.192. The molecule has 0 unspecified atom stereocenters. The second-order valence-corrected chi connectivity index (χ2v) is 6.42. The first-order valence-corrected chi connectivity index (χ1v) is 9.12. The van der Waals surface area contributed by atoms with E-state index in [-0.39, 0.29) is 36.3 Å². The lowest BCUT2D eigenvalue weighted by molar-refractivity contribution is -0.132. The summed E-state index contributed by atoms with van der Waals surface area (Å²) >= 11 is 0. The zero-order valence-corrected chi connectivity index (χ0v) is 18.3. The van der Waals surface area contributed by atoms with Gasteiger partial charge in [-0.25, -0.2) is 4.39 Å². The second-order valence-electron chi connectivity index (χ2n) is 6.42. The summed E-state index contributed by atoms with van der Waals surface area (Å²) in [6, 6.07) is 6.80. The van der Waals surface area contributed by atoms with E-state index in [4.69, 9.17) is 0 Å². The molecule has 0 saturated carbocycles. The van der Waals surface area contributed by atoms with Crippen molar-refractivity contribution >= 4 is 35.6 Å². The highest BCUT2D eigenvalue weighted by Gasteiger charge is 2.26. The molecule has 1 aliphatic rings. The molecule has 0 bridgehead atoms. The van der Waals surface area contributed by atoms with Gasteiger partial charge in [-0.1, -0.05) is 12.1 Å². The van der Waals surface area contributed by atoms with Crippen LogP contribution in [0.25, 0.3) is 0 Å². The lowest BCUT2D eigenvalue weighted by Gasteiger charge is -2.36. The van der Waals surface area contributed by atoms with E-state index >= 15 is 0 Å². The standard InChI is InChI=1S/C18H27F4N5.HI/c1-23-17(25-9-7-18(20,21)22)24-8-4-10-26-11-13-27(14-12-26)16-6-3-2-5-15(16)19;/h2-3,5-6H,4,7-14H2,1H3,(H2,23,24,25);1H. The summed E-state index contributed by atoms with van der Waals surface area (Å²) in [5, 5.41) is 5.68. The van der Waals surface area contributed by atoms with Gasteiger partial charge in [-0.2, -0.15) is 13.2 Å². The van der Waals surface area contributed by atoms with Gasteiger partial charge in [0.25, 0.3) is 0 Å². The summed E-state index contributed by atoms with van der Waals surface area (Å²) in [6.07, 6.45) is -4.21. The van der Waals surface area contributed by atoms with Gasteiger partial charge in [-0.3, -0.25) is 9.89 Å². The third kappa shape index (κ3) is 8.80. The lowest BCUT2D eigenvalue weighted by Crippen LogP contribution is -2.47. The molecule has 10 heteroatoms. The van der Waals surface area contributed by atoms with Crippen molar-refractivity contribution in [1.29, 1.82) is 0 Å². The van der Waals surface area contributed by atoms with Gasteiger partial charge in [0.05, 0.1) is 12.1 Å². The number of aliphatic imine (C=N–C) groups is 1. The molecule has 2 rings (SSSR count). The molecule has 1 heterocycles. The highest BCUT2D eigenvalue weighted by molar-refractivity contribution is 14.0. The van der Waals surface area contributed by atoms with Gasteiger partial charge in [0.1, 0.15) is 5.82 Å². The molecule has 0 radical (unpaired) electrons. The first-order valence-electron chi connectivity index (χ1n) is 9.12. The molecule has 0 aliphatic carbocycles. The number of para-hydroxylation sites is 1. The number of alkyl halides is 3. The van der Waals surface area contributed by atoms with E-state index in [1.165, 1.54) is 13.1 Å². The fourth-order valence-corrected chi connectivity index (χ4v) is 2.97. The van der Waals surface area contributed by atoms with Gasteiger partial charge in [-0.05, 0) is 25.1 Å². The average molecular weight is 517 g/mol. The first kappa shape index (κ1) is 24.7. The Kier molecular flexibility index (Phi) is 10.9. The highest BCUT2D eigenvalue weighted by atomic mass is 127. The maximum Gasteiger partial charge on any atom is 0.390 e. The lowest BCUT2D eigenvalue weighted by atomic mass is 10.2. The minimum absolute atomic E-state index is 0. The Morgan fingerprint density at radius 2 is 1.71 bits per heavy atom. The maximum atomic E-state index is 13.8. The summed E-state index contributed by atoms with van der Waals surface area (Å²) in [7, 11) is 1.53. The molecule has 1 fully saturated rings. The molecule has 5 nitrogen and oxygen atoms in total. The zero-order valence-electron chi connectivity index (χ0n) is 15.9. The zero-order chi connectivity index (χ0) is 19.7. The Morgan fingerprint density at radius 3 is 2.32 bits per heavy atom. The van der Waals surface area contributed by atoms with Crippen LogP contribution < -0.4 is 15.5 Å². The minimum Gasteiger partial charge on any atom is -0.367 e. The van der Waals surface area contributed by atoms with Crippen molar-refractivity contribution in [3.05, 3.63) is 30.1 Å². The second kappa shape index (κ2) is 12.3. The van der Waals surface area contributed by atoms with E-state index in [0.29, 0.717) is 18.2 Å². The molecular formula is C18H28F4IN5. The third-order valence-electron chi connectivity index (χ3n) is 4.43. The third-order valence-corrected chi connectivity index (χ3v) is 4.43. The van der Waals surface area contributed by atoms with Gasteiger partial charge >= 0.3 is 6.18 Å². The summed E-state index contributed by atoms with van der Waals surface area (Å²) in [6.45, 7) is 4.56. The molecule has 0 atom stereocenters. The molecule has 0 spiro atoms. The van der Waals surface area contributed by atoms with Gasteiger partial charge < -0.3 is 15.5 Å². The van der Waals surface area contributed by atoms with E-state index in [2.05, 4.69) is 25.4 Å². The van der Waals surface area contributed by atoms with Gasteiger partial charge in [-0.15, -0.1) is 24.0 Å². The normalized spacial score (nSPS) is 15.9. The van der Waals surface area contributed by atoms with Crippen LogP contribution in [0.15, 0.2) is 29.3 Å². The number of halogens is 5. The van der Waals surface area contributed by atoms with Crippen molar-refractivity contribution in [1.82, 2.24) is 15.5 Å². The van der Waals surface area contributed by atoms with Crippen molar-refractivity contribution in [2.24, 2.45) is 4.99 Å². The topological polar surface area (TPSA) is 42.9 Å². The number of hydrogen-bond acceptors (Lipinski definition) is 3. The molecule has 0 amide bonds. The Labute approximate surface area is 180 Å². The van der Waals surface area contributed by atoms with E-state index in [9.17, 15) is 17.6 Å². The van der Waals surface area contributed by atoms with Crippen molar-refractivity contribution in [2.75, 3.05) is 57.8 Å². The SMILES string of the molecule is CN=C(NCCCN1CCN(c2ccccc2F)CC1)NCCC(F)(F)F.I. The molecule has 1 aromatic rings. The Hall–Kier alpha value is -1.30.